The minimum absolute atomic E-state index is 0.244. The number of hydrogen-bond acceptors (Lipinski definition) is 6. The van der Waals surface area contributed by atoms with E-state index in [2.05, 4.69) is 20.2 Å². The van der Waals surface area contributed by atoms with Crippen LogP contribution < -0.4 is 15.0 Å². The van der Waals surface area contributed by atoms with Gasteiger partial charge in [-0.2, -0.15) is 0 Å². The van der Waals surface area contributed by atoms with Crippen molar-refractivity contribution in [2.45, 2.75) is 6.54 Å². The molecule has 1 aliphatic heterocycles. The van der Waals surface area contributed by atoms with E-state index in [0.717, 1.165) is 30.2 Å². The summed E-state index contributed by atoms with van der Waals surface area (Å²) in [6.45, 7) is 3.38. The highest BCUT2D eigenvalue weighted by Gasteiger charge is 2.14. The second-order valence-electron chi connectivity index (χ2n) is 5.39. The van der Waals surface area contributed by atoms with Crippen LogP contribution in [-0.4, -0.2) is 49.3 Å². The van der Waals surface area contributed by atoms with Crippen molar-refractivity contribution < 1.29 is 14.3 Å². The van der Waals surface area contributed by atoms with Gasteiger partial charge in [0.2, 0.25) is 0 Å². The van der Waals surface area contributed by atoms with Gasteiger partial charge in [0.05, 0.1) is 32.7 Å². The lowest BCUT2D eigenvalue weighted by Gasteiger charge is -2.27. The van der Waals surface area contributed by atoms with E-state index in [4.69, 9.17) is 9.47 Å². The van der Waals surface area contributed by atoms with Gasteiger partial charge in [0, 0.05) is 19.6 Å². The Morgan fingerprint density at radius 2 is 1.96 bits per heavy atom. The first-order valence-electron chi connectivity index (χ1n) is 7.82. The number of carbonyl (C=O) groups is 1. The zero-order valence-corrected chi connectivity index (χ0v) is 13.6. The van der Waals surface area contributed by atoms with Gasteiger partial charge in [-0.15, -0.1) is 0 Å². The van der Waals surface area contributed by atoms with E-state index < -0.39 is 0 Å². The molecule has 7 nitrogen and oxygen atoms in total. The highest BCUT2D eigenvalue weighted by Crippen LogP contribution is 2.12. The van der Waals surface area contributed by atoms with Crippen LogP contribution in [0.5, 0.6) is 5.75 Å². The number of hydrogen-bond donors (Lipinski definition) is 1. The Morgan fingerprint density at radius 3 is 2.58 bits per heavy atom. The second-order valence-corrected chi connectivity index (χ2v) is 5.39. The van der Waals surface area contributed by atoms with E-state index in [1.807, 2.05) is 24.3 Å². The van der Waals surface area contributed by atoms with Crippen molar-refractivity contribution >= 4 is 11.7 Å². The van der Waals surface area contributed by atoms with Crippen LogP contribution >= 0.6 is 0 Å². The van der Waals surface area contributed by atoms with Gasteiger partial charge in [-0.25, -0.2) is 9.97 Å². The van der Waals surface area contributed by atoms with Crippen LogP contribution in [-0.2, 0) is 11.3 Å². The summed E-state index contributed by atoms with van der Waals surface area (Å²) >= 11 is 0. The Balaban J connectivity index is 1.56. The fourth-order valence-electron chi connectivity index (χ4n) is 2.41. The molecule has 0 aliphatic carbocycles. The Bertz CT molecular complexity index is 667. The number of anilines is 1. The highest BCUT2D eigenvalue weighted by atomic mass is 16.5. The summed E-state index contributed by atoms with van der Waals surface area (Å²) in [5.74, 6) is 1.31. The SMILES string of the molecule is COc1ccc(CNC(=O)c2cnc(N3CCOCC3)cn2)cc1. The Labute approximate surface area is 140 Å². The molecule has 1 aromatic heterocycles. The maximum absolute atomic E-state index is 12.2. The molecule has 1 fully saturated rings. The van der Waals surface area contributed by atoms with E-state index in [1.165, 1.54) is 6.20 Å². The number of morpholine rings is 1. The Morgan fingerprint density at radius 1 is 1.21 bits per heavy atom. The van der Waals surface area contributed by atoms with Gasteiger partial charge in [0.1, 0.15) is 17.3 Å². The number of nitrogens with zero attached hydrogens (tertiary/aromatic N) is 3. The molecule has 1 saturated heterocycles. The van der Waals surface area contributed by atoms with Crippen molar-refractivity contribution in [3.63, 3.8) is 0 Å². The number of aromatic nitrogens is 2. The summed E-state index contributed by atoms with van der Waals surface area (Å²) in [5, 5.41) is 2.84. The maximum atomic E-state index is 12.2. The molecule has 0 unspecified atom stereocenters. The quantitative estimate of drug-likeness (QED) is 0.890. The van der Waals surface area contributed by atoms with E-state index in [-0.39, 0.29) is 5.91 Å². The first kappa shape index (κ1) is 16.2. The third-order valence-electron chi connectivity index (χ3n) is 3.82. The van der Waals surface area contributed by atoms with Gasteiger partial charge < -0.3 is 19.7 Å². The van der Waals surface area contributed by atoms with Gasteiger partial charge in [-0.05, 0) is 17.7 Å². The van der Waals surface area contributed by atoms with Crippen molar-refractivity contribution in [3.8, 4) is 5.75 Å². The number of nitrogens with one attached hydrogen (secondary N) is 1. The van der Waals surface area contributed by atoms with Crippen LogP contribution in [0.25, 0.3) is 0 Å². The lowest BCUT2D eigenvalue weighted by molar-refractivity contribution is 0.0945. The molecule has 3 rings (SSSR count). The normalized spacial score (nSPS) is 14.3. The molecule has 0 saturated carbocycles. The lowest BCUT2D eigenvalue weighted by Crippen LogP contribution is -2.37. The largest absolute Gasteiger partial charge is 0.497 e. The minimum atomic E-state index is -0.244. The summed E-state index contributed by atoms with van der Waals surface area (Å²) in [7, 11) is 1.62. The average Bonchev–Trinajstić information content (AvgIpc) is 2.67. The van der Waals surface area contributed by atoms with Crippen LogP contribution in [0.3, 0.4) is 0 Å². The van der Waals surface area contributed by atoms with Crippen molar-refractivity contribution in [2.75, 3.05) is 38.3 Å². The van der Waals surface area contributed by atoms with Crippen LogP contribution in [0.2, 0.25) is 0 Å². The summed E-state index contributed by atoms with van der Waals surface area (Å²) in [6.07, 6.45) is 3.14. The van der Waals surface area contributed by atoms with Crippen LogP contribution in [0.4, 0.5) is 5.82 Å². The summed E-state index contributed by atoms with van der Waals surface area (Å²) < 4.78 is 10.4. The first-order valence-corrected chi connectivity index (χ1v) is 7.82. The maximum Gasteiger partial charge on any atom is 0.271 e. The number of rotatable bonds is 5. The van der Waals surface area contributed by atoms with Gasteiger partial charge >= 0.3 is 0 Å². The zero-order valence-electron chi connectivity index (χ0n) is 13.6. The van der Waals surface area contributed by atoms with Gasteiger partial charge in [0.25, 0.3) is 5.91 Å². The molecular formula is C17H20N4O3. The first-order chi connectivity index (χ1) is 11.8. The molecule has 0 spiro atoms. The molecule has 0 atom stereocenters. The number of benzene rings is 1. The Kier molecular flexibility index (Phi) is 5.22. The van der Waals surface area contributed by atoms with Crippen LogP contribution in [0, 0.1) is 0 Å². The van der Waals surface area contributed by atoms with E-state index in [0.29, 0.717) is 25.5 Å². The van der Waals surface area contributed by atoms with E-state index in [9.17, 15) is 4.79 Å². The minimum Gasteiger partial charge on any atom is -0.497 e. The summed E-state index contributed by atoms with van der Waals surface area (Å²) in [5.41, 5.74) is 1.29. The molecule has 2 aromatic rings. The number of carbonyl (C=O) groups excluding carboxylic acids is 1. The Hall–Kier alpha value is -2.67. The van der Waals surface area contributed by atoms with Crippen LogP contribution in [0.15, 0.2) is 36.7 Å². The molecule has 1 N–H and O–H groups in total. The molecular weight excluding hydrogens is 308 g/mol. The zero-order chi connectivity index (χ0) is 16.8. The fraction of sp³-hybridized carbons (Fsp3) is 0.353. The average molecular weight is 328 g/mol. The molecule has 7 heteroatoms. The molecule has 126 valence electrons. The molecule has 24 heavy (non-hydrogen) atoms. The van der Waals surface area contributed by atoms with Crippen molar-refractivity contribution in [2.24, 2.45) is 0 Å². The van der Waals surface area contributed by atoms with E-state index >= 15 is 0 Å². The molecule has 0 radical (unpaired) electrons. The van der Waals surface area contributed by atoms with Crippen LogP contribution in [0.1, 0.15) is 16.1 Å². The third-order valence-corrected chi connectivity index (χ3v) is 3.82. The number of ether oxygens (including phenoxy) is 2. The monoisotopic (exact) mass is 328 g/mol. The van der Waals surface area contributed by atoms with Crippen molar-refractivity contribution in [1.29, 1.82) is 0 Å². The summed E-state index contributed by atoms with van der Waals surface area (Å²) in [6, 6.07) is 7.54. The fourth-order valence-corrected chi connectivity index (χ4v) is 2.41. The van der Waals surface area contributed by atoms with Crippen molar-refractivity contribution in [1.82, 2.24) is 15.3 Å². The van der Waals surface area contributed by atoms with E-state index in [1.54, 1.807) is 13.3 Å². The molecule has 1 amide bonds. The van der Waals surface area contributed by atoms with Crippen molar-refractivity contribution in [3.05, 3.63) is 47.9 Å². The standard InChI is InChI=1S/C17H20N4O3/c1-23-14-4-2-13(3-5-14)10-20-17(22)15-11-19-16(12-18-15)21-6-8-24-9-7-21/h2-5,11-12H,6-10H2,1H3,(H,20,22). The lowest BCUT2D eigenvalue weighted by atomic mass is 10.2. The number of amides is 1. The van der Waals surface area contributed by atoms with Gasteiger partial charge in [0.15, 0.2) is 0 Å². The predicted molar refractivity (Wildman–Crippen MR) is 89.2 cm³/mol. The molecule has 1 aliphatic rings. The summed E-state index contributed by atoms with van der Waals surface area (Å²) in [4.78, 5) is 22.8. The number of methoxy groups -OCH3 is 1. The van der Waals surface area contributed by atoms with Gasteiger partial charge in [-0.3, -0.25) is 4.79 Å². The molecule has 2 heterocycles. The predicted octanol–water partition coefficient (Wildman–Crippen LogP) is 1.25. The molecule has 0 bridgehead atoms. The second kappa shape index (κ2) is 7.74. The smallest absolute Gasteiger partial charge is 0.271 e. The molecule has 1 aromatic carbocycles. The topological polar surface area (TPSA) is 76.6 Å². The van der Waals surface area contributed by atoms with Gasteiger partial charge in [-0.1, -0.05) is 12.1 Å². The third kappa shape index (κ3) is 3.99. The highest BCUT2D eigenvalue weighted by molar-refractivity contribution is 5.91.